The van der Waals surface area contributed by atoms with Gasteiger partial charge in [-0.2, -0.15) is 0 Å². The van der Waals surface area contributed by atoms with Gasteiger partial charge in [-0.3, -0.25) is 9.59 Å². The van der Waals surface area contributed by atoms with Gasteiger partial charge in [0.15, 0.2) is 11.6 Å². The van der Waals surface area contributed by atoms with E-state index in [0.29, 0.717) is 5.33 Å². The molecule has 2 nitrogen and oxygen atoms in total. The van der Waals surface area contributed by atoms with Crippen LogP contribution in [-0.4, -0.2) is 21.7 Å². The number of ketones is 2. The third-order valence-electron chi connectivity index (χ3n) is 5.05. The van der Waals surface area contributed by atoms with Crippen molar-refractivity contribution in [2.75, 3.05) is 5.33 Å². The molecule has 0 amide bonds. The fraction of sp³-hybridized carbons (Fsp3) is 0.300. The molecular formula is C20H16Br2O2. The average Bonchev–Trinajstić information content (AvgIpc) is 2.62. The molecule has 0 radical (unpaired) electrons. The molecule has 0 aromatic heterocycles. The topological polar surface area (TPSA) is 34.1 Å². The van der Waals surface area contributed by atoms with E-state index >= 15 is 0 Å². The second-order valence-corrected chi connectivity index (χ2v) is 8.13. The number of halogens is 2. The van der Waals surface area contributed by atoms with Crippen LogP contribution < -0.4 is 0 Å². The van der Waals surface area contributed by atoms with Crippen molar-refractivity contribution in [1.29, 1.82) is 0 Å². The van der Waals surface area contributed by atoms with Crippen molar-refractivity contribution in [3.63, 3.8) is 0 Å². The molecule has 2 aromatic carbocycles. The second kappa shape index (κ2) is 6.23. The van der Waals surface area contributed by atoms with Crippen LogP contribution in [0.1, 0.15) is 43.8 Å². The molecule has 0 fully saturated rings. The number of benzene rings is 2. The molecule has 0 spiro atoms. The van der Waals surface area contributed by atoms with E-state index in [4.69, 9.17) is 0 Å². The summed E-state index contributed by atoms with van der Waals surface area (Å²) in [5, 5.41) is 0.353. The van der Waals surface area contributed by atoms with E-state index in [2.05, 4.69) is 50.1 Å². The molecule has 0 aliphatic heterocycles. The Balaban J connectivity index is 1.82. The van der Waals surface area contributed by atoms with Crippen LogP contribution in [-0.2, 0) is 19.3 Å². The van der Waals surface area contributed by atoms with Gasteiger partial charge in [-0.25, -0.2) is 0 Å². The lowest BCUT2D eigenvalue weighted by Crippen LogP contribution is -2.23. The number of carbonyl (C=O) groups is 2. The maximum absolute atomic E-state index is 12.4. The molecule has 0 saturated carbocycles. The Kier molecular flexibility index (Phi) is 4.21. The highest BCUT2D eigenvalue weighted by Gasteiger charge is 2.28. The van der Waals surface area contributed by atoms with Gasteiger partial charge in [-0.15, -0.1) is 0 Å². The van der Waals surface area contributed by atoms with Gasteiger partial charge >= 0.3 is 0 Å². The van der Waals surface area contributed by atoms with Crippen LogP contribution in [0.2, 0.25) is 0 Å². The molecule has 2 aliphatic carbocycles. The number of hydrogen-bond donors (Lipinski definition) is 0. The lowest BCUT2D eigenvalue weighted by Gasteiger charge is -2.26. The summed E-state index contributed by atoms with van der Waals surface area (Å²) in [5.41, 5.74) is 7.72. The third kappa shape index (κ3) is 2.60. The highest BCUT2D eigenvalue weighted by molar-refractivity contribution is 9.10. The number of rotatable bonds is 2. The second-order valence-electron chi connectivity index (χ2n) is 6.47. The Morgan fingerprint density at radius 2 is 1.62 bits per heavy atom. The van der Waals surface area contributed by atoms with Crippen molar-refractivity contribution in [3.05, 3.63) is 58.1 Å². The predicted molar refractivity (Wildman–Crippen MR) is 103 cm³/mol. The molecule has 122 valence electrons. The number of aryl methyl sites for hydroxylation is 3. The monoisotopic (exact) mass is 446 g/mol. The summed E-state index contributed by atoms with van der Waals surface area (Å²) < 4.78 is 0. The average molecular weight is 448 g/mol. The van der Waals surface area contributed by atoms with Crippen molar-refractivity contribution in [1.82, 2.24) is 0 Å². The summed E-state index contributed by atoms with van der Waals surface area (Å²) in [6.45, 7) is 0. The zero-order chi connectivity index (χ0) is 16.8. The van der Waals surface area contributed by atoms with E-state index < -0.39 is 0 Å². The molecule has 0 bridgehead atoms. The summed E-state index contributed by atoms with van der Waals surface area (Å²) in [4.78, 5) is 24.3. The van der Waals surface area contributed by atoms with Crippen LogP contribution in [0.3, 0.4) is 0 Å². The van der Waals surface area contributed by atoms with Crippen LogP contribution in [0.25, 0.3) is 11.1 Å². The van der Waals surface area contributed by atoms with Crippen molar-refractivity contribution < 1.29 is 9.59 Å². The highest BCUT2D eigenvalue weighted by atomic mass is 79.9. The molecule has 2 aliphatic rings. The molecule has 0 N–H and O–H groups in total. The molecule has 1 unspecified atom stereocenters. The Bertz CT molecular complexity index is 870. The molecule has 0 saturated heterocycles. The van der Waals surface area contributed by atoms with Crippen LogP contribution in [0, 0.1) is 0 Å². The molecule has 4 rings (SSSR count). The van der Waals surface area contributed by atoms with Gasteiger partial charge < -0.3 is 0 Å². The Labute approximate surface area is 157 Å². The number of alkyl halides is 2. The van der Waals surface area contributed by atoms with Gasteiger partial charge in [0.05, 0.1) is 10.2 Å². The first-order valence-corrected chi connectivity index (χ1v) is 10.2. The zero-order valence-corrected chi connectivity index (χ0v) is 16.2. The van der Waals surface area contributed by atoms with E-state index in [1.54, 1.807) is 0 Å². The molecule has 2 aromatic rings. The van der Waals surface area contributed by atoms with Crippen molar-refractivity contribution in [3.8, 4) is 11.1 Å². The summed E-state index contributed by atoms with van der Waals surface area (Å²) in [5.74, 6) is 0.325. The number of fused-ring (bicyclic) bond motifs is 4. The van der Waals surface area contributed by atoms with Crippen LogP contribution in [0.5, 0.6) is 0 Å². The third-order valence-corrected chi connectivity index (χ3v) is 6.43. The first-order chi connectivity index (χ1) is 11.6. The molecular weight excluding hydrogens is 432 g/mol. The first kappa shape index (κ1) is 16.2. The van der Waals surface area contributed by atoms with Gasteiger partial charge in [0.2, 0.25) is 0 Å². The van der Waals surface area contributed by atoms with Gasteiger partial charge in [0.1, 0.15) is 0 Å². The maximum atomic E-state index is 12.4. The van der Waals surface area contributed by atoms with Crippen molar-refractivity contribution in [2.24, 2.45) is 0 Å². The Morgan fingerprint density at radius 1 is 0.958 bits per heavy atom. The number of carbonyl (C=O) groups excluding carboxylic acids is 2. The quantitative estimate of drug-likeness (QED) is 0.483. The lowest BCUT2D eigenvalue weighted by atomic mass is 9.79. The van der Waals surface area contributed by atoms with E-state index in [0.717, 1.165) is 42.4 Å². The number of Topliss-reactive ketones (excluding diaryl/α,β-unsaturated/α-hetero) is 2. The first-order valence-electron chi connectivity index (χ1n) is 8.15. The fourth-order valence-electron chi connectivity index (χ4n) is 3.75. The van der Waals surface area contributed by atoms with Crippen molar-refractivity contribution in [2.45, 2.75) is 30.5 Å². The van der Waals surface area contributed by atoms with Crippen molar-refractivity contribution >= 4 is 43.4 Å². The summed E-state index contributed by atoms with van der Waals surface area (Å²) in [6, 6.07) is 10.3. The summed E-state index contributed by atoms with van der Waals surface area (Å²) >= 11 is 6.73. The number of hydrogen-bond acceptors (Lipinski definition) is 2. The summed E-state index contributed by atoms with van der Waals surface area (Å²) in [7, 11) is 0. The molecule has 1 atom stereocenters. The van der Waals surface area contributed by atoms with Crippen LogP contribution >= 0.6 is 31.9 Å². The van der Waals surface area contributed by atoms with Gasteiger partial charge in [0.25, 0.3) is 0 Å². The smallest absolute Gasteiger partial charge is 0.176 e. The normalized spacial score (nSPS) is 18.6. The van der Waals surface area contributed by atoms with Gasteiger partial charge in [0, 0.05) is 11.1 Å². The zero-order valence-electron chi connectivity index (χ0n) is 13.1. The predicted octanol–water partition coefficient (Wildman–Crippen LogP) is 4.92. The minimum absolute atomic E-state index is 0.0447. The van der Waals surface area contributed by atoms with E-state index in [9.17, 15) is 9.59 Å². The SMILES string of the molecule is O=C(CBr)c1ccc2c(c1)CCc1cc3c(cc1-2)CCC(Br)C3=O. The standard InChI is InChI=1S/C20H16Br2O2/c21-10-19(23)14-3-5-15-11(7-14)1-2-12-9-17-13(8-16(12)15)4-6-18(22)20(17)24/h3,5,7-9,18H,1-2,4,6,10H2. The fourth-order valence-corrected chi connectivity index (χ4v) is 4.55. The minimum Gasteiger partial charge on any atom is -0.293 e. The molecule has 24 heavy (non-hydrogen) atoms. The van der Waals surface area contributed by atoms with Crippen LogP contribution in [0.15, 0.2) is 30.3 Å². The van der Waals surface area contributed by atoms with E-state index in [1.165, 1.54) is 22.3 Å². The van der Waals surface area contributed by atoms with Gasteiger partial charge in [-0.1, -0.05) is 50.1 Å². The Morgan fingerprint density at radius 3 is 2.38 bits per heavy atom. The molecule has 0 heterocycles. The summed E-state index contributed by atoms with van der Waals surface area (Å²) in [6.07, 6.45) is 3.62. The van der Waals surface area contributed by atoms with E-state index in [-0.39, 0.29) is 16.4 Å². The minimum atomic E-state index is -0.0447. The van der Waals surface area contributed by atoms with Crippen LogP contribution in [0.4, 0.5) is 0 Å². The van der Waals surface area contributed by atoms with E-state index in [1.807, 2.05) is 12.1 Å². The molecule has 4 heteroatoms. The largest absolute Gasteiger partial charge is 0.293 e. The lowest BCUT2D eigenvalue weighted by molar-refractivity contribution is 0.0980. The van der Waals surface area contributed by atoms with Gasteiger partial charge in [-0.05, 0) is 65.6 Å². The highest BCUT2D eigenvalue weighted by Crippen LogP contribution is 2.38. The Hall–Kier alpha value is -1.26. The maximum Gasteiger partial charge on any atom is 0.176 e.